The number of hydrogen-bond donors (Lipinski definition) is 4. The zero-order chi connectivity index (χ0) is 15.0. The average Bonchev–Trinajstić information content (AvgIpc) is 2.85. The molecule has 0 saturated heterocycles. The summed E-state index contributed by atoms with van der Waals surface area (Å²) in [6, 6.07) is -0.894. The molecule has 1 aliphatic rings. The number of methoxy groups -OCH3 is 1. The van der Waals surface area contributed by atoms with Gasteiger partial charge < -0.3 is 25.8 Å². The van der Waals surface area contributed by atoms with E-state index >= 15 is 0 Å². The largest absolute Gasteiger partial charge is 0.481 e. The summed E-state index contributed by atoms with van der Waals surface area (Å²) in [6.45, 7) is 0.628. The highest BCUT2D eigenvalue weighted by molar-refractivity contribution is 5.84. The zero-order valence-corrected chi connectivity index (χ0v) is 11.5. The number of ether oxygens (including phenoxy) is 1. The minimum absolute atomic E-state index is 0.153. The Balaban J connectivity index is 2.23. The third-order valence-electron chi connectivity index (χ3n) is 3.19. The number of carbonyl (C=O) groups is 3. The summed E-state index contributed by atoms with van der Waals surface area (Å²) in [5, 5.41) is 16.5. The highest BCUT2D eigenvalue weighted by atomic mass is 16.5. The predicted octanol–water partition coefficient (Wildman–Crippen LogP) is -0.698. The molecular weight excluding hydrogens is 266 g/mol. The van der Waals surface area contributed by atoms with Crippen molar-refractivity contribution in [2.24, 2.45) is 5.92 Å². The first-order chi connectivity index (χ1) is 9.54. The quantitative estimate of drug-likeness (QED) is 0.462. The molecule has 0 aromatic rings. The van der Waals surface area contributed by atoms with Crippen molar-refractivity contribution in [1.82, 2.24) is 16.0 Å². The number of carboxylic acid groups (broad SMARTS) is 1. The van der Waals surface area contributed by atoms with Crippen molar-refractivity contribution in [2.75, 3.05) is 26.8 Å². The van der Waals surface area contributed by atoms with Gasteiger partial charge in [-0.25, -0.2) is 4.79 Å². The molecule has 4 N–H and O–H groups in total. The van der Waals surface area contributed by atoms with Crippen LogP contribution in [0.1, 0.15) is 19.3 Å². The fraction of sp³-hybridized carbons (Fsp3) is 0.750. The van der Waals surface area contributed by atoms with Crippen LogP contribution in [0.5, 0.6) is 0 Å². The van der Waals surface area contributed by atoms with Crippen LogP contribution in [0.15, 0.2) is 0 Å². The lowest BCUT2D eigenvalue weighted by atomic mass is 10.0. The molecule has 0 radical (unpaired) electrons. The van der Waals surface area contributed by atoms with Crippen LogP contribution >= 0.6 is 0 Å². The van der Waals surface area contributed by atoms with Gasteiger partial charge in [-0.05, 0) is 12.8 Å². The minimum Gasteiger partial charge on any atom is -0.481 e. The summed E-state index contributed by atoms with van der Waals surface area (Å²) in [4.78, 5) is 33.9. The molecule has 0 aromatic heterocycles. The number of aliphatic carboxylic acids is 1. The van der Waals surface area contributed by atoms with E-state index in [-0.39, 0.29) is 18.5 Å². The van der Waals surface area contributed by atoms with Gasteiger partial charge in [0.15, 0.2) is 0 Å². The Bertz CT molecular complexity index is 361. The molecule has 20 heavy (non-hydrogen) atoms. The van der Waals surface area contributed by atoms with Crippen molar-refractivity contribution in [2.45, 2.75) is 25.3 Å². The highest BCUT2D eigenvalue weighted by Gasteiger charge is 2.33. The standard InChI is InChI=1S/C12H21N3O5/c1-20-6-5-13-10(16)7-14-12(19)15-9-4-2-3-8(9)11(17)18/h8-9H,2-7H2,1H3,(H,13,16)(H,17,18)(H2,14,15,19). The van der Waals surface area contributed by atoms with E-state index in [0.29, 0.717) is 26.0 Å². The third kappa shape index (κ3) is 5.43. The molecule has 3 amide bonds. The lowest BCUT2D eigenvalue weighted by molar-refractivity contribution is -0.142. The lowest BCUT2D eigenvalue weighted by Gasteiger charge is -2.17. The van der Waals surface area contributed by atoms with Crippen molar-refractivity contribution in [3.63, 3.8) is 0 Å². The van der Waals surface area contributed by atoms with E-state index in [1.165, 1.54) is 7.11 Å². The summed E-state index contributed by atoms with van der Waals surface area (Å²) in [5.41, 5.74) is 0. The fourth-order valence-electron chi connectivity index (χ4n) is 2.16. The van der Waals surface area contributed by atoms with Gasteiger partial charge in [0.05, 0.1) is 19.1 Å². The maximum absolute atomic E-state index is 11.6. The van der Waals surface area contributed by atoms with E-state index < -0.39 is 17.9 Å². The molecular formula is C12H21N3O5. The number of carbonyl (C=O) groups excluding carboxylic acids is 2. The van der Waals surface area contributed by atoms with Crippen LogP contribution in [-0.4, -0.2) is 55.9 Å². The molecule has 0 aliphatic heterocycles. The van der Waals surface area contributed by atoms with Crippen LogP contribution in [-0.2, 0) is 14.3 Å². The molecule has 1 aliphatic carbocycles. The summed E-state index contributed by atoms with van der Waals surface area (Å²) in [7, 11) is 1.53. The van der Waals surface area contributed by atoms with Crippen LogP contribution in [0.25, 0.3) is 0 Å². The molecule has 2 unspecified atom stereocenters. The summed E-state index contributed by atoms with van der Waals surface area (Å²) in [5.74, 6) is -1.76. The minimum atomic E-state index is -0.898. The van der Waals surface area contributed by atoms with Gasteiger partial charge in [0.25, 0.3) is 0 Å². The molecule has 1 fully saturated rings. The summed E-state index contributed by atoms with van der Waals surface area (Å²) in [6.07, 6.45) is 1.99. The Morgan fingerprint density at radius 1 is 1.25 bits per heavy atom. The number of hydrogen-bond acceptors (Lipinski definition) is 4. The van der Waals surface area contributed by atoms with Crippen LogP contribution in [0, 0.1) is 5.92 Å². The first-order valence-corrected chi connectivity index (χ1v) is 6.57. The first-order valence-electron chi connectivity index (χ1n) is 6.57. The molecule has 0 spiro atoms. The Hall–Kier alpha value is -1.83. The predicted molar refractivity (Wildman–Crippen MR) is 70.2 cm³/mol. The third-order valence-corrected chi connectivity index (χ3v) is 3.19. The number of amides is 3. The fourth-order valence-corrected chi connectivity index (χ4v) is 2.16. The van der Waals surface area contributed by atoms with E-state index in [1.54, 1.807) is 0 Å². The number of nitrogens with one attached hydrogen (secondary N) is 3. The van der Waals surface area contributed by atoms with Gasteiger partial charge in [0, 0.05) is 19.7 Å². The lowest BCUT2D eigenvalue weighted by Crippen LogP contribution is -2.48. The van der Waals surface area contributed by atoms with Gasteiger partial charge in [-0.2, -0.15) is 0 Å². The molecule has 1 saturated carbocycles. The van der Waals surface area contributed by atoms with Gasteiger partial charge in [-0.15, -0.1) is 0 Å². The maximum atomic E-state index is 11.6. The Labute approximate surface area is 117 Å². The molecule has 8 nitrogen and oxygen atoms in total. The van der Waals surface area contributed by atoms with E-state index in [4.69, 9.17) is 9.84 Å². The van der Waals surface area contributed by atoms with E-state index in [1.807, 2.05) is 0 Å². The molecule has 114 valence electrons. The number of urea groups is 1. The average molecular weight is 287 g/mol. The van der Waals surface area contributed by atoms with Crippen LogP contribution in [0.3, 0.4) is 0 Å². The number of carboxylic acids is 1. The second kappa shape index (κ2) is 8.36. The second-order valence-electron chi connectivity index (χ2n) is 4.65. The monoisotopic (exact) mass is 287 g/mol. The van der Waals surface area contributed by atoms with Gasteiger partial charge in [-0.1, -0.05) is 6.42 Å². The van der Waals surface area contributed by atoms with Crippen LogP contribution in [0.2, 0.25) is 0 Å². The Morgan fingerprint density at radius 2 is 2.00 bits per heavy atom. The topological polar surface area (TPSA) is 117 Å². The number of rotatable bonds is 7. The van der Waals surface area contributed by atoms with Gasteiger partial charge in [-0.3, -0.25) is 9.59 Å². The SMILES string of the molecule is COCCNC(=O)CNC(=O)NC1CCCC1C(=O)O. The van der Waals surface area contributed by atoms with E-state index in [9.17, 15) is 14.4 Å². The van der Waals surface area contributed by atoms with Crippen molar-refractivity contribution in [3.8, 4) is 0 Å². The first kappa shape index (κ1) is 16.2. The zero-order valence-electron chi connectivity index (χ0n) is 11.5. The smallest absolute Gasteiger partial charge is 0.315 e. The summed E-state index contributed by atoms with van der Waals surface area (Å²) >= 11 is 0. The Kier molecular flexibility index (Phi) is 6.78. The van der Waals surface area contributed by atoms with Crippen LogP contribution < -0.4 is 16.0 Å². The summed E-state index contributed by atoms with van der Waals surface area (Å²) < 4.78 is 4.77. The second-order valence-corrected chi connectivity index (χ2v) is 4.65. The van der Waals surface area contributed by atoms with Crippen molar-refractivity contribution >= 4 is 17.9 Å². The van der Waals surface area contributed by atoms with E-state index in [2.05, 4.69) is 16.0 Å². The van der Waals surface area contributed by atoms with Gasteiger partial charge in [0.1, 0.15) is 0 Å². The maximum Gasteiger partial charge on any atom is 0.315 e. The molecule has 2 atom stereocenters. The van der Waals surface area contributed by atoms with Crippen molar-refractivity contribution in [1.29, 1.82) is 0 Å². The molecule has 1 rings (SSSR count). The molecule has 0 aromatic carbocycles. The van der Waals surface area contributed by atoms with Gasteiger partial charge in [0.2, 0.25) is 5.91 Å². The normalized spacial score (nSPS) is 21.2. The van der Waals surface area contributed by atoms with Crippen LogP contribution in [0.4, 0.5) is 4.79 Å². The highest BCUT2D eigenvalue weighted by Crippen LogP contribution is 2.25. The van der Waals surface area contributed by atoms with Gasteiger partial charge >= 0.3 is 12.0 Å². The Morgan fingerprint density at radius 3 is 2.65 bits per heavy atom. The molecule has 8 heteroatoms. The van der Waals surface area contributed by atoms with Crippen molar-refractivity contribution in [3.05, 3.63) is 0 Å². The van der Waals surface area contributed by atoms with Crippen molar-refractivity contribution < 1.29 is 24.2 Å². The molecule has 0 bridgehead atoms. The molecule has 0 heterocycles. The van der Waals surface area contributed by atoms with E-state index in [0.717, 1.165) is 6.42 Å².